The van der Waals surface area contributed by atoms with Crippen LogP contribution in [0, 0.1) is 10.1 Å². The summed E-state index contributed by atoms with van der Waals surface area (Å²) in [6.45, 7) is 0. The molecule has 3 rings (SSSR count). The molecule has 0 radical (unpaired) electrons. The van der Waals surface area contributed by atoms with Gasteiger partial charge in [-0.05, 0) is 23.8 Å². The minimum atomic E-state index is -1.16. The van der Waals surface area contributed by atoms with E-state index in [1.54, 1.807) is 6.20 Å². The van der Waals surface area contributed by atoms with Gasteiger partial charge >= 0.3 is 5.97 Å². The summed E-state index contributed by atoms with van der Waals surface area (Å²) in [5, 5.41) is 23.5. The van der Waals surface area contributed by atoms with Crippen molar-refractivity contribution in [3.05, 3.63) is 76.0 Å². The Morgan fingerprint density at radius 1 is 1.15 bits per heavy atom. The normalized spacial score (nSPS) is 11.8. The van der Waals surface area contributed by atoms with Crippen LogP contribution in [0.15, 0.2) is 54.7 Å². The fourth-order valence-corrected chi connectivity index (χ4v) is 2.70. The molecule has 1 atom stereocenters. The molecule has 0 aliphatic carbocycles. The van der Waals surface area contributed by atoms with Crippen LogP contribution in [0.3, 0.4) is 0 Å². The molecular formula is C18H15N3O5. The summed E-state index contributed by atoms with van der Waals surface area (Å²) in [6.07, 6.45) is 1.83. The smallest absolute Gasteiger partial charge is 0.326 e. The standard InChI is InChI=1S/C18H15N3O5/c22-17(11-5-7-13(8-6-11)21(25)26)20-16(18(23)24)9-12-10-19-15-4-2-1-3-14(12)15/h1-8,10,16,19H,9H2,(H,20,22)(H,23,24). The van der Waals surface area contributed by atoms with Crippen molar-refractivity contribution >= 4 is 28.5 Å². The zero-order valence-corrected chi connectivity index (χ0v) is 13.5. The summed E-state index contributed by atoms with van der Waals surface area (Å²) in [7, 11) is 0. The molecular weight excluding hydrogens is 338 g/mol. The van der Waals surface area contributed by atoms with Crippen LogP contribution in [-0.2, 0) is 11.2 Å². The number of aromatic amines is 1. The number of hydrogen-bond donors (Lipinski definition) is 3. The molecule has 1 amide bonds. The van der Waals surface area contributed by atoms with Crippen LogP contribution in [0.2, 0.25) is 0 Å². The van der Waals surface area contributed by atoms with Gasteiger partial charge in [0, 0.05) is 41.2 Å². The first-order valence-electron chi connectivity index (χ1n) is 7.79. The van der Waals surface area contributed by atoms with Gasteiger partial charge in [-0.1, -0.05) is 18.2 Å². The van der Waals surface area contributed by atoms with Crippen LogP contribution in [-0.4, -0.2) is 32.9 Å². The van der Waals surface area contributed by atoms with Crippen molar-refractivity contribution in [1.29, 1.82) is 0 Å². The number of nitrogens with one attached hydrogen (secondary N) is 2. The number of rotatable bonds is 6. The van der Waals surface area contributed by atoms with Crippen molar-refractivity contribution in [2.75, 3.05) is 0 Å². The van der Waals surface area contributed by atoms with E-state index in [1.165, 1.54) is 24.3 Å². The number of carboxylic acids is 1. The third-order valence-electron chi connectivity index (χ3n) is 4.04. The van der Waals surface area contributed by atoms with Gasteiger partial charge in [0.2, 0.25) is 0 Å². The predicted molar refractivity (Wildman–Crippen MR) is 94.0 cm³/mol. The SMILES string of the molecule is O=C(NC(Cc1c[nH]c2ccccc12)C(=O)O)c1ccc([N+](=O)[O-])cc1. The highest BCUT2D eigenvalue weighted by atomic mass is 16.6. The predicted octanol–water partition coefficient (Wildman–Crippen LogP) is 2.50. The van der Waals surface area contributed by atoms with E-state index in [0.717, 1.165) is 16.5 Å². The van der Waals surface area contributed by atoms with E-state index < -0.39 is 22.8 Å². The second kappa shape index (κ2) is 7.06. The van der Waals surface area contributed by atoms with Crippen LogP contribution < -0.4 is 5.32 Å². The quantitative estimate of drug-likeness (QED) is 0.464. The number of nitro benzene ring substituents is 1. The number of amides is 1. The number of para-hydroxylation sites is 1. The molecule has 0 spiro atoms. The molecule has 1 heterocycles. The van der Waals surface area contributed by atoms with Gasteiger partial charge in [0.25, 0.3) is 11.6 Å². The zero-order chi connectivity index (χ0) is 18.7. The first-order chi connectivity index (χ1) is 12.5. The number of hydrogen-bond acceptors (Lipinski definition) is 4. The average Bonchev–Trinajstić information content (AvgIpc) is 3.04. The summed E-state index contributed by atoms with van der Waals surface area (Å²) >= 11 is 0. The van der Waals surface area contributed by atoms with E-state index in [9.17, 15) is 24.8 Å². The maximum absolute atomic E-state index is 12.3. The number of non-ortho nitro benzene ring substituents is 1. The number of benzene rings is 2. The lowest BCUT2D eigenvalue weighted by Crippen LogP contribution is -2.42. The third kappa shape index (κ3) is 3.54. The van der Waals surface area contributed by atoms with E-state index >= 15 is 0 Å². The molecule has 26 heavy (non-hydrogen) atoms. The lowest BCUT2D eigenvalue weighted by Gasteiger charge is -2.14. The number of nitro groups is 1. The van der Waals surface area contributed by atoms with Crippen LogP contribution in [0.25, 0.3) is 10.9 Å². The minimum absolute atomic E-state index is 0.109. The average molecular weight is 353 g/mol. The van der Waals surface area contributed by atoms with E-state index in [2.05, 4.69) is 10.3 Å². The van der Waals surface area contributed by atoms with Gasteiger partial charge in [-0.15, -0.1) is 0 Å². The van der Waals surface area contributed by atoms with Crippen molar-refractivity contribution in [2.24, 2.45) is 0 Å². The topological polar surface area (TPSA) is 125 Å². The Labute approximate surface area is 147 Å². The lowest BCUT2D eigenvalue weighted by atomic mass is 10.0. The number of carbonyl (C=O) groups is 2. The fourth-order valence-electron chi connectivity index (χ4n) is 2.70. The summed E-state index contributed by atoms with van der Waals surface area (Å²) in [5.41, 5.74) is 1.67. The van der Waals surface area contributed by atoms with Crippen LogP contribution in [0.4, 0.5) is 5.69 Å². The summed E-state index contributed by atoms with van der Waals surface area (Å²) in [6, 6.07) is 11.3. The van der Waals surface area contributed by atoms with Crippen molar-refractivity contribution in [3.63, 3.8) is 0 Å². The number of H-pyrrole nitrogens is 1. The van der Waals surface area contributed by atoms with Crippen molar-refractivity contribution in [1.82, 2.24) is 10.3 Å². The maximum Gasteiger partial charge on any atom is 0.326 e. The number of nitrogens with zero attached hydrogens (tertiary/aromatic N) is 1. The molecule has 0 fully saturated rings. The zero-order valence-electron chi connectivity index (χ0n) is 13.5. The second-order valence-corrected chi connectivity index (χ2v) is 5.73. The molecule has 1 unspecified atom stereocenters. The Morgan fingerprint density at radius 3 is 2.50 bits per heavy atom. The first-order valence-corrected chi connectivity index (χ1v) is 7.79. The van der Waals surface area contributed by atoms with Crippen molar-refractivity contribution in [2.45, 2.75) is 12.5 Å². The van der Waals surface area contributed by atoms with Crippen LogP contribution in [0.1, 0.15) is 15.9 Å². The summed E-state index contributed by atoms with van der Waals surface area (Å²) in [5.74, 6) is -1.77. The molecule has 2 aromatic carbocycles. The lowest BCUT2D eigenvalue weighted by molar-refractivity contribution is -0.384. The van der Waals surface area contributed by atoms with Gasteiger partial charge in [0.05, 0.1) is 4.92 Å². The third-order valence-corrected chi connectivity index (χ3v) is 4.04. The fraction of sp³-hybridized carbons (Fsp3) is 0.111. The van der Waals surface area contributed by atoms with Gasteiger partial charge in [0.15, 0.2) is 0 Å². The number of fused-ring (bicyclic) bond motifs is 1. The minimum Gasteiger partial charge on any atom is -0.480 e. The van der Waals surface area contributed by atoms with Crippen molar-refractivity contribution in [3.8, 4) is 0 Å². The molecule has 1 aromatic heterocycles. The van der Waals surface area contributed by atoms with Gasteiger partial charge in [0.1, 0.15) is 6.04 Å². The van der Waals surface area contributed by atoms with E-state index in [1.807, 2.05) is 24.3 Å². The molecule has 3 aromatic rings. The highest BCUT2D eigenvalue weighted by Gasteiger charge is 2.22. The molecule has 132 valence electrons. The highest BCUT2D eigenvalue weighted by Crippen LogP contribution is 2.19. The van der Waals surface area contributed by atoms with Crippen molar-refractivity contribution < 1.29 is 19.6 Å². The van der Waals surface area contributed by atoms with Crippen LogP contribution in [0.5, 0.6) is 0 Å². The number of aliphatic carboxylic acids is 1. The number of aromatic nitrogens is 1. The van der Waals surface area contributed by atoms with Gasteiger partial charge in [-0.25, -0.2) is 4.79 Å². The Morgan fingerprint density at radius 2 is 1.85 bits per heavy atom. The number of carboxylic acid groups (broad SMARTS) is 1. The molecule has 0 aliphatic rings. The largest absolute Gasteiger partial charge is 0.480 e. The van der Waals surface area contributed by atoms with Crippen LogP contribution >= 0.6 is 0 Å². The summed E-state index contributed by atoms with van der Waals surface area (Å²) in [4.78, 5) is 37.0. The highest BCUT2D eigenvalue weighted by molar-refractivity contribution is 5.97. The van der Waals surface area contributed by atoms with Gasteiger partial charge in [-0.2, -0.15) is 0 Å². The molecule has 8 nitrogen and oxygen atoms in total. The van der Waals surface area contributed by atoms with E-state index in [4.69, 9.17) is 0 Å². The first kappa shape index (κ1) is 17.2. The van der Waals surface area contributed by atoms with E-state index in [-0.39, 0.29) is 17.7 Å². The van der Waals surface area contributed by atoms with E-state index in [0.29, 0.717) is 0 Å². The molecule has 0 aliphatic heterocycles. The van der Waals surface area contributed by atoms with Gasteiger partial charge in [-0.3, -0.25) is 14.9 Å². The summed E-state index contributed by atoms with van der Waals surface area (Å²) < 4.78 is 0. The second-order valence-electron chi connectivity index (χ2n) is 5.73. The Balaban J connectivity index is 1.77. The molecule has 0 saturated carbocycles. The molecule has 3 N–H and O–H groups in total. The monoisotopic (exact) mass is 353 g/mol. The molecule has 0 saturated heterocycles. The Hall–Kier alpha value is -3.68. The molecule has 0 bridgehead atoms. The van der Waals surface area contributed by atoms with Gasteiger partial charge < -0.3 is 15.4 Å². The Bertz CT molecular complexity index is 978. The Kier molecular flexibility index (Phi) is 4.66. The maximum atomic E-state index is 12.3. The molecule has 8 heteroatoms. The number of carbonyl (C=O) groups excluding carboxylic acids is 1.